The molecule has 0 spiro atoms. The van der Waals surface area contributed by atoms with Gasteiger partial charge in [-0.05, 0) is 144 Å². The maximum atomic E-state index is 2.49. The normalized spacial score (nSPS) is 11.7. The lowest BCUT2D eigenvalue weighted by Crippen LogP contribution is -2.09. The van der Waals surface area contributed by atoms with Crippen molar-refractivity contribution in [3.05, 3.63) is 231 Å². The van der Waals surface area contributed by atoms with Gasteiger partial charge in [0.25, 0.3) is 0 Å². The molecule has 0 aliphatic carbocycles. The van der Waals surface area contributed by atoms with Crippen LogP contribution in [0.3, 0.4) is 0 Å². The van der Waals surface area contributed by atoms with Crippen LogP contribution in [0.2, 0.25) is 0 Å². The lowest BCUT2D eigenvalue weighted by molar-refractivity contribution is 1.18. The molecule has 0 radical (unpaired) electrons. The van der Waals surface area contributed by atoms with E-state index in [1.165, 1.54) is 87.1 Å². The van der Waals surface area contributed by atoms with Crippen LogP contribution in [0, 0.1) is 0 Å². The number of para-hydroxylation sites is 4. The fourth-order valence-corrected chi connectivity index (χ4v) is 9.58. The van der Waals surface area contributed by atoms with Gasteiger partial charge in [0.05, 0.1) is 11.0 Å². The van der Waals surface area contributed by atoms with E-state index in [1.807, 2.05) is 0 Å². The topological polar surface area (TPSA) is 8.17 Å². The lowest BCUT2D eigenvalue weighted by Gasteiger charge is -2.27. The first-order valence-corrected chi connectivity index (χ1v) is 20.7. The van der Waals surface area contributed by atoms with Crippen molar-refractivity contribution in [1.82, 2.24) is 4.57 Å². The molecule has 12 rings (SSSR count). The molecule has 0 N–H and O–H groups in total. The van der Waals surface area contributed by atoms with Crippen molar-refractivity contribution < 1.29 is 0 Å². The van der Waals surface area contributed by atoms with Gasteiger partial charge < -0.3 is 9.47 Å². The zero-order valence-electron chi connectivity index (χ0n) is 32.8. The van der Waals surface area contributed by atoms with E-state index < -0.39 is 0 Å². The summed E-state index contributed by atoms with van der Waals surface area (Å²) in [5.74, 6) is 0. The molecule has 1 aromatic heterocycles. The molecule has 0 bridgehead atoms. The zero-order valence-corrected chi connectivity index (χ0v) is 32.8. The minimum atomic E-state index is 1.10. The van der Waals surface area contributed by atoms with Crippen LogP contribution in [0.1, 0.15) is 0 Å². The number of hydrogen-bond acceptors (Lipinski definition) is 1. The smallest absolute Gasteiger partial charge is 0.0547 e. The van der Waals surface area contributed by atoms with Gasteiger partial charge in [-0.3, -0.25) is 0 Å². The number of anilines is 3. The molecule has 0 fully saturated rings. The van der Waals surface area contributed by atoms with Gasteiger partial charge in [-0.15, -0.1) is 0 Å². The number of benzene rings is 11. The van der Waals surface area contributed by atoms with Crippen molar-refractivity contribution in [3.63, 3.8) is 0 Å². The summed E-state index contributed by atoms with van der Waals surface area (Å²) < 4.78 is 2.44. The molecule has 0 amide bonds. The van der Waals surface area contributed by atoms with Crippen LogP contribution >= 0.6 is 0 Å². The van der Waals surface area contributed by atoms with E-state index in [0.717, 1.165) is 22.7 Å². The number of rotatable bonds is 6. The summed E-state index contributed by atoms with van der Waals surface area (Å²) in [5, 5.41) is 12.3. The van der Waals surface area contributed by atoms with Crippen molar-refractivity contribution in [2.75, 3.05) is 4.90 Å². The van der Waals surface area contributed by atoms with Crippen LogP contribution < -0.4 is 4.90 Å². The first-order valence-electron chi connectivity index (χ1n) is 20.7. The molecule has 0 saturated heterocycles. The fraction of sp³-hybridized carbons (Fsp3) is 0. The fourth-order valence-electron chi connectivity index (χ4n) is 9.58. The van der Waals surface area contributed by atoms with Gasteiger partial charge in [-0.1, -0.05) is 152 Å². The number of hydrogen-bond donors (Lipinski definition) is 0. The summed E-state index contributed by atoms with van der Waals surface area (Å²) >= 11 is 0. The van der Waals surface area contributed by atoms with Crippen LogP contribution in [0.4, 0.5) is 17.1 Å². The van der Waals surface area contributed by atoms with Crippen molar-refractivity contribution in [2.45, 2.75) is 0 Å². The van der Waals surface area contributed by atoms with E-state index in [9.17, 15) is 0 Å². The van der Waals surface area contributed by atoms with E-state index >= 15 is 0 Å². The molecule has 11 aromatic carbocycles. The average molecular weight is 763 g/mol. The Kier molecular flexibility index (Phi) is 7.89. The number of nitrogens with zero attached hydrogens (tertiary/aromatic N) is 2. The molecular formula is C58H38N2. The van der Waals surface area contributed by atoms with E-state index in [1.54, 1.807) is 0 Å². The third kappa shape index (κ3) is 5.50. The van der Waals surface area contributed by atoms with E-state index in [0.29, 0.717) is 0 Å². The van der Waals surface area contributed by atoms with Gasteiger partial charge in [-0.25, -0.2) is 0 Å². The highest BCUT2D eigenvalue weighted by atomic mass is 15.1. The monoisotopic (exact) mass is 762 g/mol. The first kappa shape index (κ1) is 34.1. The van der Waals surface area contributed by atoms with Crippen LogP contribution in [-0.2, 0) is 0 Å². The Bertz CT molecular complexity index is 3550. The van der Waals surface area contributed by atoms with Crippen molar-refractivity contribution in [1.29, 1.82) is 0 Å². The molecule has 0 aliphatic heterocycles. The molecule has 12 aromatic rings. The third-order valence-corrected chi connectivity index (χ3v) is 12.3. The third-order valence-electron chi connectivity index (χ3n) is 12.3. The van der Waals surface area contributed by atoms with Crippen LogP contribution in [0.15, 0.2) is 231 Å². The van der Waals surface area contributed by atoms with Crippen molar-refractivity contribution in [2.24, 2.45) is 0 Å². The summed E-state index contributed by atoms with van der Waals surface area (Å²) in [4.78, 5) is 2.38. The Balaban J connectivity index is 1.27. The Morgan fingerprint density at radius 1 is 0.267 bits per heavy atom. The maximum Gasteiger partial charge on any atom is 0.0547 e. The van der Waals surface area contributed by atoms with Crippen LogP contribution in [0.25, 0.3) is 92.8 Å². The molecule has 60 heavy (non-hydrogen) atoms. The van der Waals surface area contributed by atoms with Gasteiger partial charge >= 0.3 is 0 Å². The molecule has 2 nitrogen and oxygen atoms in total. The Morgan fingerprint density at radius 3 is 1.40 bits per heavy atom. The number of fused-ring (bicyclic) bond motifs is 7. The highest BCUT2D eigenvalue weighted by molar-refractivity contribution is 6.26. The van der Waals surface area contributed by atoms with E-state index in [2.05, 4.69) is 240 Å². The molecule has 0 saturated carbocycles. The Labute approximate surface area is 348 Å². The van der Waals surface area contributed by atoms with Crippen LogP contribution in [0.5, 0.6) is 0 Å². The predicted octanol–water partition coefficient (Wildman–Crippen LogP) is 16.2. The summed E-state index contributed by atoms with van der Waals surface area (Å²) in [7, 11) is 0. The standard InChI is InChI=1S/C58H38N2/c1-4-20-45(21-5-1)59(46-22-6-2-7-23-46)48-32-33-50-52(36-48)58(44-31-29-40-17-11-13-19-42(40)35-44)53-37-51-49-26-14-15-27-55(49)60(47-24-8-3-9-25-47)56(51)38-54(53)57(50)43-30-28-39-16-10-12-18-41(39)34-43/h1-38H. The molecule has 0 aliphatic rings. The maximum absolute atomic E-state index is 2.49. The van der Waals surface area contributed by atoms with Gasteiger partial charge in [0.15, 0.2) is 0 Å². The predicted molar refractivity (Wildman–Crippen MR) is 256 cm³/mol. The highest BCUT2D eigenvalue weighted by Gasteiger charge is 2.23. The minimum Gasteiger partial charge on any atom is -0.310 e. The Hall–Kier alpha value is -7.94. The second kappa shape index (κ2) is 13.9. The van der Waals surface area contributed by atoms with E-state index in [4.69, 9.17) is 0 Å². The second-order valence-electron chi connectivity index (χ2n) is 15.7. The summed E-state index contributed by atoms with van der Waals surface area (Å²) in [5.41, 5.74) is 11.7. The van der Waals surface area contributed by atoms with Gasteiger partial charge in [-0.2, -0.15) is 0 Å². The second-order valence-corrected chi connectivity index (χ2v) is 15.7. The molecule has 280 valence electrons. The van der Waals surface area contributed by atoms with Gasteiger partial charge in [0.2, 0.25) is 0 Å². The van der Waals surface area contributed by atoms with Crippen LogP contribution in [-0.4, -0.2) is 4.57 Å². The lowest BCUT2D eigenvalue weighted by atomic mass is 9.84. The molecule has 0 unspecified atom stereocenters. The average Bonchev–Trinajstić information content (AvgIpc) is 3.64. The zero-order chi connectivity index (χ0) is 39.6. The molecular weight excluding hydrogens is 725 g/mol. The molecule has 2 heteroatoms. The summed E-state index contributed by atoms with van der Waals surface area (Å²) in [6.07, 6.45) is 0. The highest BCUT2D eigenvalue weighted by Crippen LogP contribution is 2.49. The SMILES string of the molecule is c1ccc(N(c2ccccc2)c2ccc3c(-c4ccc5ccccc5c4)c4cc5c(cc4c(-c4ccc6ccccc6c4)c3c2)c2ccccc2n5-c2ccccc2)cc1. The van der Waals surface area contributed by atoms with Crippen molar-refractivity contribution >= 4 is 82.0 Å². The van der Waals surface area contributed by atoms with Crippen molar-refractivity contribution in [3.8, 4) is 27.9 Å². The first-order chi connectivity index (χ1) is 29.8. The molecule has 1 heterocycles. The quantitative estimate of drug-likeness (QED) is 0.153. The summed E-state index contributed by atoms with van der Waals surface area (Å²) in [6.45, 7) is 0. The largest absolute Gasteiger partial charge is 0.310 e. The minimum absolute atomic E-state index is 1.10. The molecule has 0 atom stereocenters. The van der Waals surface area contributed by atoms with E-state index in [-0.39, 0.29) is 0 Å². The number of aromatic nitrogens is 1. The van der Waals surface area contributed by atoms with Gasteiger partial charge in [0.1, 0.15) is 0 Å². The summed E-state index contributed by atoms with van der Waals surface area (Å²) in [6, 6.07) is 84.5. The Morgan fingerprint density at radius 2 is 0.767 bits per heavy atom. The van der Waals surface area contributed by atoms with Gasteiger partial charge in [0, 0.05) is 33.5 Å².